The predicted molar refractivity (Wildman–Crippen MR) is 60.8 cm³/mol. The van der Waals surface area contributed by atoms with Gasteiger partial charge in [0, 0.05) is 0 Å². The zero-order chi connectivity index (χ0) is 10.6. The molecule has 0 aliphatic heterocycles. The Morgan fingerprint density at radius 3 is 2.50 bits per heavy atom. The van der Waals surface area contributed by atoms with Crippen molar-refractivity contribution >= 4 is 0 Å². The summed E-state index contributed by atoms with van der Waals surface area (Å²) < 4.78 is 0. The number of aromatic hydroxyl groups is 1. The maximum atomic E-state index is 9.75. The van der Waals surface area contributed by atoms with Gasteiger partial charge in [-0.3, -0.25) is 0 Å². The molecule has 0 bridgehead atoms. The second-order valence-corrected chi connectivity index (χ2v) is 3.88. The number of phenolic OH excluding ortho intramolecular Hbond substituents is 1. The molecule has 0 heterocycles. The summed E-state index contributed by atoms with van der Waals surface area (Å²) in [6.45, 7) is 6.26. The van der Waals surface area contributed by atoms with Crippen molar-refractivity contribution in [3.63, 3.8) is 0 Å². The van der Waals surface area contributed by atoms with Crippen LogP contribution in [0.15, 0.2) is 12.1 Å². The van der Waals surface area contributed by atoms with Crippen molar-refractivity contribution in [2.24, 2.45) is 0 Å². The zero-order valence-corrected chi connectivity index (χ0v) is 9.43. The first-order chi connectivity index (χ1) is 6.69. The molecule has 0 radical (unpaired) electrons. The highest BCUT2D eigenvalue weighted by Gasteiger charge is 2.04. The van der Waals surface area contributed by atoms with Gasteiger partial charge in [0.15, 0.2) is 0 Å². The highest BCUT2D eigenvalue weighted by Crippen LogP contribution is 2.25. The lowest BCUT2D eigenvalue weighted by molar-refractivity contribution is 0.464. The van der Waals surface area contributed by atoms with E-state index >= 15 is 0 Å². The van der Waals surface area contributed by atoms with Crippen LogP contribution in [0.4, 0.5) is 0 Å². The largest absolute Gasteiger partial charge is 0.507 e. The predicted octanol–water partition coefficient (Wildman–Crippen LogP) is 3.61. The van der Waals surface area contributed by atoms with Gasteiger partial charge in [-0.1, -0.05) is 32.4 Å². The van der Waals surface area contributed by atoms with E-state index in [1.165, 1.54) is 18.4 Å². The van der Waals surface area contributed by atoms with Crippen molar-refractivity contribution in [3.8, 4) is 5.75 Å². The van der Waals surface area contributed by atoms with Gasteiger partial charge in [-0.05, 0) is 42.9 Å². The Kier molecular flexibility index (Phi) is 3.99. The molecule has 0 atom stereocenters. The van der Waals surface area contributed by atoms with Gasteiger partial charge in [-0.2, -0.15) is 0 Å². The molecule has 0 aromatic heterocycles. The molecule has 0 aliphatic carbocycles. The van der Waals surface area contributed by atoms with Crippen LogP contribution < -0.4 is 0 Å². The average molecular weight is 192 g/mol. The number of hydrogen-bond donors (Lipinski definition) is 1. The Morgan fingerprint density at radius 1 is 1.21 bits per heavy atom. The molecule has 1 heteroatoms. The topological polar surface area (TPSA) is 20.2 Å². The summed E-state index contributed by atoms with van der Waals surface area (Å²) >= 11 is 0. The maximum Gasteiger partial charge on any atom is 0.121 e. The third-order valence-electron chi connectivity index (χ3n) is 2.64. The molecule has 0 amide bonds. The molecule has 0 spiro atoms. The van der Waals surface area contributed by atoms with Crippen LogP contribution in [-0.2, 0) is 12.8 Å². The summed E-state index contributed by atoms with van der Waals surface area (Å²) in [5.41, 5.74) is 3.45. The molecule has 0 saturated heterocycles. The molecule has 1 N–H and O–H groups in total. The van der Waals surface area contributed by atoms with Crippen molar-refractivity contribution in [1.29, 1.82) is 0 Å². The van der Waals surface area contributed by atoms with Gasteiger partial charge in [-0.25, -0.2) is 0 Å². The van der Waals surface area contributed by atoms with Gasteiger partial charge in [0.05, 0.1) is 0 Å². The van der Waals surface area contributed by atoms with Crippen LogP contribution in [-0.4, -0.2) is 5.11 Å². The standard InChI is InChI=1S/C13H20O/c1-4-6-7-11-8-10(3)13(14)12(5-2)9-11/h8-9,14H,4-7H2,1-3H3. The molecular weight excluding hydrogens is 172 g/mol. The highest BCUT2D eigenvalue weighted by molar-refractivity contribution is 5.43. The number of benzene rings is 1. The van der Waals surface area contributed by atoms with Crippen LogP contribution in [0.25, 0.3) is 0 Å². The van der Waals surface area contributed by atoms with Gasteiger partial charge >= 0.3 is 0 Å². The van der Waals surface area contributed by atoms with E-state index in [0.29, 0.717) is 5.75 Å². The van der Waals surface area contributed by atoms with Crippen LogP contribution in [0, 0.1) is 6.92 Å². The van der Waals surface area contributed by atoms with Crippen LogP contribution >= 0.6 is 0 Å². The van der Waals surface area contributed by atoms with Gasteiger partial charge < -0.3 is 5.11 Å². The van der Waals surface area contributed by atoms with Gasteiger partial charge in [-0.15, -0.1) is 0 Å². The molecule has 1 rings (SSSR count). The van der Waals surface area contributed by atoms with E-state index in [4.69, 9.17) is 0 Å². The summed E-state index contributed by atoms with van der Waals surface area (Å²) in [4.78, 5) is 0. The summed E-state index contributed by atoms with van der Waals surface area (Å²) in [6, 6.07) is 4.24. The van der Waals surface area contributed by atoms with Crippen molar-refractivity contribution < 1.29 is 5.11 Å². The van der Waals surface area contributed by atoms with E-state index < -0.39 is 0 Å². The Labute approximate surface area is 86.8 Å². The summed E-state index contributed by atoms with van der Waals surface area (Å²) in [7, 11) is 0. The van der Waals surface area contributed by atoms with Gasteiger partial charge in [0.25, 0.3) is 0 Å². The molecule has 1 aromatic rings. The van der Waals surface area contributed by atoms with Crippen molar-refractivity contribution in [1.82, 2.24) is 0 Å². The van der Waals surface area contributed by atoms with Gasteiger partial charge in [0.1, 0.15) is 5.75 Å². The van der Waals surface area contributed by atoms with E-state index in [0.717, 1.165) is 24.0 Å². The Bertz CT molecular complexity index is 302. The summed E-state index contributed by atoms with van der Waals surface area (Å²) in [5.74, 6) is 0.479. The summed E-state index contributed by atoms with van der Waals surface area (Å²) in [6.07, 6.45) is 4.49. The fraction of sp³-hybridized carbons (Fsp3) is 0.538. The quantitative estimate of drug-likeness (QED) is 0.772. The van der Waals surface area contributed by atoms with Crippen molar-refractivity contribution in [2.45, 2.75) is 46.5 Å². The Balaban J connectivity index is 2.91. The average Bonchev–Trinajstić information content (AvgIpc) is 2.19. The molecule has 0 aliphatic rings. The molecule has 78 valence electrons. The lowest BCUT2D eigenvalue weighted by atomic mass is 10.00. The molecule has 14 heavy (non-hydrogen) atoms. The first kappa shape index (κ1) is 11.1. The van der Waals surface area contributed by atoms with E-state index in [-0.39, 0.29) is 0 Å². The van der Waals surface area contributed by atoms with Crippen LogP contribution in [0.3, 0.4) is 0 Å². The van der Waals surface area contributed by atoms with E-state index in [1.807, 2.05) is 6.92 Å². The number of phenols is 1. The summed E-state index contributed by atoms with van der Waals surface area (Å²) in [5, 5.41) is 9.75. The lowest BCUT2D eigenvalue weighted by Gasteiger charge is -2.09. The molecule has 1 aromatic carbocycles. The number of hydrogen-bond acceptors (Lipinski definition) is 1. The van der Waals surface area contributed by atoms with E-state index in [1.54, 1.807) is 0 Å². The van der Waals surface area contributed by atoms with E-state index in [9.17, 15) is 5.11 Å². The minimum Gasteiger partial charge on any atom is -0.507 e. The molecule has 0 fully saturated rings. The SMILES string of the molecule is CCCCc1cc(C)c(O)c(CC)c1. The highest BCUT2D eigenvalue weighted by atomic mass is 16.3. The molecule has 0 saturated carbocycles. The Hall–Kier alpha value is -0.980. The molecule has 0 unspecified atom stereocenters. The second kappa shape index (κ2) is 5.04. The van der Waals surface area contributed by atoms with Crippen molar-refractivity contribution in [3.05, 3.63) is 28.8 Å². The monoisotopic (exact) mass is 192 g/mol. The third kappa shape index (κ3) is 2.50. The normalized spacial score (nSPS) is 10.5. The number of rotatable bonds is 4. The second-order valence-electron chi connectivity index (χ2n) is 3.88. The fourth-order valence-corrected chi connectivity index (χ4v) is 1.73. The Morgan fingerprint density at radius 2 is 1.93 bits per heavy atom. The number of unbranched alkanes of at least 4 members (excludes halogenated alkanes) is 1. The van der Waals surface area contributed by atoms with Crippen LogP contribution in [0.1, 0.15) is 43.4 Å². The molecular formula is C13H20O. The third-order valence-corrected chi connectivity index (χ3v) is 2.64. The lowest BCUT2D eigenvalue weighted by Crippen LogP contribution is -1.91. The number of aryl methyl sites for hydroxylation is 3. The first-order valence-electron chi connectivity index (χ1n) is 5.50. The van der Waals surface area contributed by atoms with Gasteiger partial charge in [0.2, 0.25) is 0 Å². The zero-order valence-electron chi connectivity index (χ0n) is 9.43. The molecule has 1 nitrogen and oxygen atoms in total. The minimum atomic E-state index is 0.479. The van der Waals surface area contributed by atoms with E-state index in [2.05, 4.69) is 26.0 Å². The van der Waals surface area contributed by atoms with Crippen LogP contribution in [0.2, 0.25) is 0 Å². The maximum absolute atomic E-state index is 9.75. The fourth-order valence-electron chi connectivity index (χ4n) is 1.73. The van der Waals surface area contributed by atoms with Crippen molar-refractivity contribution in [2.75, 3.05) is 0 Å². The van der Waals surface area contributed by atoms with Crippen LogP contribution in [0.5, 0.6) is 5.75 Å². The smallest absolute Gasteiger partial charge is 0.121 e. The first-order valence-corrected chi connectivity index (χ1v) is 5.50. The minimum absolute atomic E-state index is 0.479.